The number of nitrogens with zero attached hydrogens (tertiary/aromatic N) is 3. The van der Waals surface area contributed by atoms with E-state index >= 15 is 0 Å². The van der Waals surface area contributed by atoms with E-state index in [2.05, 4.69) is 10.2 Å². The second-order valence-corrected chi connectivity index (χ2v) is 6.84. The summed E-state index contributed by atoms with van der Waals surface area (Å²) in [6.45, 7) is 4.59. The topological polar surface area (TPSA) is 57.0 Å². The second kappa shape index (κ2) is 8.19. The van der Waals surface area contributed by atoms with Crippen molar-refractivity contribution in [3.63, 3.8) is 0 Å². The van der Waals surface area contributed by atoms with Crippen LogP contribution >= 0.6 is 11.8 Å². The number of benzene rings is 2. The average molecular weight is 367 g/mol. The highest BCUT2D eigenvalue weighted by atomic mass is 32.2. The van der Waals surface area contributed by atoms with E-state index in [1.165, 1.54) is 17.3 Å². The van der Waals surface area contributed by atoms with Gasteiger partial charge in [-0.05, 0) is 38.1 Å². The zero-order valence-electron chi connectivity index (χ0n) is 15.1. The number of hydrogen-bond donors (Lipinski definition) is 0. The Morgan fingerprint density at radius 2 is 1.77 bits per heavy atom. The monoisotopic (exact) mass is 367 g/mol. The molecule has 134 valence electrons. The minimum Gasteiger partial charge on any atom is -0.494 e. The molecule has 0 aliphatic rings. The molecule has 5 nitrogen and oxygen atoms in total. The number of aryl methyl sites for hydroxylation is 1. The normalized spacial score (nSPS) is 10.7. The van der Waals surface area contributed by atoms with Crippen molar-refractivity contribution in [3.05, 3.63) is 59.7 Å². The van der Waals surface area contributed by atoms with Crippen molar-refractivity contribution in [3.8, 4) is 17.1 Å². The first-order chi connectivity index (χ1) is 12.6. The molecule has 0 unspecified atom stereocenters. The molecule has 1 heterocycles. The summed E-state index contributed by atoms with van der Waals surface area (Å²) in [6.07, 6.45) is 0. The lowest BCUT2D eigenvalue weighted by Crippen LogP contribution is -2.04. The molecule has 0 radical (unpaired) electrons. The predicted molar refractivity (Wildman–Crippen MR) is 104 cm³/mol. The third-order valence-electron chi connectivity index (χ3n) is 3.96. The second-order valence-electron chi connectivity index (χ2n) is 5.90. The van der Waals surface area contributed by atoms with E-state index < -0.39 is 0 Å². The molecule has 2 aromatic carbocycles. The lowest BCUT2D eigenvalue weighted by molar-refractivity contribution is 0.102. The molecule has 0 amide bonds. The van der Waals surface area contributed by atoms with Crippen LogP contribution in [0.15, 0.2) is 53.7 Å². The van der Waals surface area contributed by atoms with Gasteiger partial charge in [-0.25, -0.2) is 0 Å². The highest BCUT2D eigenvalue weighted by Crippen LogP contribution is 2.24. The van der Waals surface area contributed by atoms with Crippen molar-refractivity contribution in [2.75, 3.05) is 12.4 Å². The number of carbonyl (C=O) groups is 1. The molecule has 3 aromatic rings. The molecule has 0 saturated carbocycles. The number of Topliss-reactive ketones (excluding diaryl/α,β-unsaturated/α-hetero) is 1. The molecule has 6 heteroatoms. The lowest BCUT2D eigenvalue weighted by Gasteiger charge is -2.05. The fraction of sp³-hybridized carbons (Fsp3) is 0.250. The Labute approximate surface area is 157 Å². The van der Waals surface area contributed by atoms with Gasteiger partial charge in [-0.15, -0.1) is 10.2 Å². The Morgan fingerprint density at radius 3 is 2.42 bits per heavy atom. The van der Waals surface area contributed by atoms with E-state index in [-0.39, 0.29) is 5.78 Å². The smallest absolute Gasteiger partial charge is 0.191 e. The molecule has 0 aliphatic carbocycles. The summed E-state index contributed by atoms with van der Waals surface area (Å²) in [5, 5.41) is 9.21. The van der Waals surface area contributed by atoms with Crippen molar-refractivity contribution in [1.82, 2.24) is 14.8 Å². The van der Waals surface area contributed by atoms with Gasteiger partial charge in [0.25, 0.3) is 0 Å². The minimum absolute atomic E-state index is 0.0536. The molecule has 1 aromatic heterocycles. The summed E-state index contributed by atoms with van der Waals surface area (Å²) in [5.41, 5.74) is 2.88. The molecule has 0 bridgehead atoms. The van der Waals surface area contributed by atoms with E-state index in [1.807, 2.05) is 61.9 Å². The lowest BCUT2D eigenvalue weighted by atomic mass is 10.1. The fourth-order valence-corrected chi connectivity index (χ4v) is 3.32. The Bertz CT molecular complexity index is 886. The largest absolute Gasteiger partial charge is 0.494 e. The van der Waals surface area contributed by atoms with Gasteiger partial charge in [-0.3, -0.25) is 4.79 Å². The van der Waals surface area contributed by atoms with Crippen LogP contribution in [0.4, 0.5) is 0 Å². The molecule has 0 atom stereocenters. The number of ether oxygens (including phenoxy) is 1. The van der Waals surface area contributed by atoms with Gasteiger partial charge in [0.15, 0.2) is 16.8 Å². The van der Waals surface area contributed by atoms with E-state index in [0.717, 1.165) is 22.3 Å². The molecule has 3 rings (SSSR count). The van der Waals surface area contributed by atoms with Gasteiger partial charge in [0.1, 0.15) is 5.75 Å². The van der Waals surface area contributed by atoms with Crippen molar-refractivity contribution in [2.24, 2.45) is 7.05 Å². The maximum Gasteiger partial charge on any atom is 0.191 e. The molecule has 0 fully saturated rings. The number of aromatic nitrogens is 3. The van der Waals surface area contributed by atoms with Gasteiger partial charge in [0, 0.05) is 18.2 Å². The Kier molecular flexibility index (Phi) is 5.73. The summed E-state index contributed by atoms with van der Waals surface area (Å²) in [6, 6.07) is 15.4. The highest BCUT2D eigenvalue weighted by molar-refractivity contribution is 7.99. The van der Waals surface area contributed by atoms with Crippen molar-refractivity contribution in [1.29, 1.82) is 0 Å². The van der Waals surface area contributed by atoms with Gasteiger partial charge < -0.3 is 9.30 Å². The van der Waals surface area contributed by atoms with E-state index in [1.54, 1.807) is 12.1 Å². The maximum absolute atomic E-state index is 12.4. The molecule has 0 saturated heterocycles. The van der Waals surface area contributed by atoms with Crippen molar-refractivity contribution >= 4 is 17.5 Å². The Balaban J connectivity index is 1.66. The van der Waals surface area contributed by atoms with Gasteiger partial charge in [0.2, 0.25) is 0 Å². The highest BCUT2D eigenvalue weighted by Gasteiger charge is 2.14. The number of rotatable bonds is 7. The SMILES string of the molecule is CCOc1ccc(C(=O)CSc2nnc(-c3ccc(C)cc3)n2C)cc1. The molecular formula is C20H21N3O2S. The standard InChI is InChI=1S/C20H21N3O2S/c1-4-25-17-11-9-15(10-12-17)18(24)13-26-20-22-21-19(23(20)3)16-7-5-14(2)6-8-16/h5-12H,4,13H2,1-3H3. The number of hydrogen-bond acceptors (Lipinski definition) is 5. The number of thioether (sulfide) groups is 1. The molecular weight excluding hydrogens is 346 g/mol. The summed E-state index contributed by atoms with van der Waals surface area (Å²) in [4.78, 5) is 12.4. The van der Waals surface area contributed by atoms with Crippen LogP contribution in [0.2, 0.25) is 0 Å². The van der Waals surface area contributed by atoms with Crippen LogP contribution in [-0.4, -0.2) is 32.9 Å². The number of ketones is 1. The summed E-state index contributed by atoms with van der Waals surface area (Å²) >= 11 is 1.39. The molecule has 0 N–H and O–H groups in total. The molecule has 26 heavy (non-hydrogen) atoms. The quantitative estimate of drug-likeness (QED) is 0.463. The Hall–Kier alpha value is -2.60. The van der Waals surface area contributed by atoms with Crippen LogP contribution in [0.5, 0.6) is 5.75 Å². The van der Waals surface area contributed by atoms with Crippen molar-refractivity contribution < 1.29 is 9.53 Å². The first-order valence-electron chi connectivity index (χ1n) is 8.43. The number of carbonyl (C=O) groups excluding carboxylic acids is 1. The third kappa shape index (κ3) is 4.14. The van der Waals surface area contributed by atoms with Gasteiger partial charge in [-0.1, -0.05) is 41.6 Å². The zero-order chi connectivity index (χ0) is 18.5. The van der Waals surface area contributed by atoms with Crippen LogP contribution in [0.1, 0.15) is 22.8 Å². The van der Waals surface area contributed by atoms with E-state index in [9.17, 15) is 4.79 Å². The minimum atomic E-state index is 0.0536. The molecule has 0 spiro atoms. The van der Waals surface area contributed by atoms with Crippen LogP contribution in [0, 0.1) is 6.92 Å². The van der Waals surface area contributed by atoms with Gasteiger partial charge in [-0.2, -0.15) is 0 Å². The van der Waals surface area contributed by atoms with Gasteiger partial charge >= 0.3 is 0 Å². The third-order valence-corrected chi connectivity index (χ3v) is 4.98. The summed E-state index contributed by atoms with van der Waals surface area (Å²) < 4.78 is 7.32. The molecule has 0 aliphatic heterocycles. The van der Waals surface area contributed by atoms with Crippen LogP contribution < -0.4 is 4.74 Å². The van der Waals surface area contributed by atoms with E-state index in [0.29, 0.717) is 17.9 Å². The summed E-state index contributed by atoms with van der Waals surface area (Å²) in [7, 11) is 1.92. The fourth-order valence-electron chi connectivity index (χ4n) is 2.51. The zero-order valence-corrected chi connectivity index (χ0v) is 15.9. The average Bonchev–Trinajstić information content (AvgIpc) is 3.02. The van der Waals surface area contributed by atoms with Crippen LogP contribution in [0.3, 0.4) is 0 Å². The van der Waals surface area contributed by atoms with Gasteiger partial charge in [0.05, 0.1) is 12.4 Å². The maximum atomic E-state index is 12.4. The summed E-state index contributed by atoms with van der Waals surface area (Å²) in [5.74, 6) is 1.93. The van der Waals surface area contributed by atoms with E-state index in [4.69, 9.17) is 4.74 Å². The van der Waals surface area contributed by atoms with Crippen molar-refractivity contribution in [2.45, 2.75) is 19.0 Å². The Morgan fingerprint density at radius 1 is 1.08 bits per heavy atom. The van der Waals surface area contributed by atoms with Crippen LogP contribution in [0.25, 0.3) is 11.4 Å². The first-order valence-corrected chi connectivity index (χ1v) is 9.42. The first kappa shape index (κ1) is 18.2. The predicted octanol–water partition coefficient (Wildman–Crippen LogP) is 4.16. The van der Waals surface area contributed by atoms with Crippen LogP contribution in [-0.2, 0) is 7.05 Å².